The fourth-order valence-electron chi connectivity index (χ4n) is 1.55. The Labute approximate surface area is 117 Å². The van der Waals surface area contributed by atoms with E-state index in [0.29, 0.717) is 0 Å². The van der Waals surface area contributed by atoms with Crippen LogP contribution in [-0.2, 0) is 0 Å². The normalized spacial score (nSPS) is 13.3. The van der Waals surface area contributed by atoms with Gasteiger partial charge in [0.05, 0.1) is 5.54 Å². The van der Waals surface area contributed by atoms with E-state index in [4.69, 9.17) is 4.99 Å². The van der Waals surface area contributed by atoms with Gasteiger partial charge in [0.15, 0.2) is 5.96 Å². The van der Waals surface area contributed by atoms with Crippen molar-refractivity contribution in [2.45, 2.75) is 59.5 Å². The second kappa shape index (κ2) is 5.64. The number of hydrogen-bond acceptors (Lipinski definition) is 1. The first-order valence-corrected chi connectivity index (χ1v) is 6.77. The van der Waals surface area contributed by atoms with Crippen molar-refractivity contribution in [2.75, 3.05) is 5.32 Å². The van der Waals surface area contributed by atoms with Crippen molar-refractivity contribution in [3.05, 3.63) is 29.8 Å². The van der Waals surface area contributed by atoms with Gasteiger partial charge >= 0.3 is 0 Å². The molecule has 0 aliphatic carbocycles. The molecule has 106 valence electrons. The molecule has 1 aromatic carbocycles. The predicted molar refractivity (Wildman–Crippen MR) is 84.9 cm³/mol. The number of nitrogens with zero attached hydrogens (tertiary/aromatic N) is 1. The molecule has 1 aromatic rings. The van der Waals surface area contributed by atoms with Crippen LogP contribution in [0.1, 0.15) is 47.1 Å². The fraction of sp³-hybridized carbons (Fsp3) is 0.562. The van der Waals surface area contributed by atoms with Gasteiger partial charge in [-0.25, -0.2) is 4.99 Å². The molecule has 3 heteroatoms. The number of nitrogens with one attached hydrogen (secondary N) is 2. The van der Waals surface area contributed by atoms with E-state index in [1.807, 2.05) is 0 Å². The van der Waals surface area contributed by atoms with Crippen molar-refractivity contribution in [1.82, 2.24) is 5.32 Å². The van der Waals surface area contributed by atoms with E-state index in [1.54, 1.807) is 0 Å². The summed E-state index contributed by atoms with van der Waals surface area (Å²) >= 11 is 0. The SMILES string of the molecule is Cc1ccc(NC(=NC(C)(C)C)NC(C)(C)C)cc1. The van der Waals surface area contributed by atoms with Crippen LogP contribution in [0.4, 0.5) is 5.69 Å². The molecule has 0 amide bonds. The van der Waals surface area contributed by atoms with Crippen molar-refractivity contribution in [1.29, 1.82) is 0 Å². The maximum atomic E-state index is 4.71. The molecule has 19 heavy (non-hydrogen) atoms. The fourth-order valence-corrected chi connectivity index (χ4v) is 1.55. The Morgan fingerprint density at radius 1 is 0.947 bits per heavy atom. The number of hydrogen-bond donors (Lipinski definition) is 2. The average molecular weight is 261 g/mol. The molecule has 0 spiro atoms. The van der Waals surface area contributed by atoms with E-state index in [0.717, 1.165) is 11.6 Å². The van der Waals surface area contributed by atoms with E-state index in [1.165, 1.54) is 5.56 Å². The van der Waals surface area contributed by atoms with E-state index in [-0.39, 0.29) is 11.1 Å². The number of anilines is 1. The summed E-state index contributed by atoms with van der Waals surface area (Å²) in [5, 5.41) is 6.77. The topological polar surface area (TPSA) is 36.4 Å². The van der Waals surface area contributed by atoms with Crippen molar-refractivity contribution >= 4 is 11.6 Å². The highest BCUT2D eigenvalue weighted by Crippen LogP contribution is 2.12. The van der Waals surface area contributed by atoms with Crippen LogP contribution in [-0.4, -0.2) is 17.0 Å². The molecule has 0 atom stereocenters. The lowest BCUT2D eigenvalue weighted by molar-refractivity contribution is 0.501. The largest absolute Gasteiger partial charge is 0.352 e. The molecule has 1 rings (SSSR count). The number of benzene rings is 1. The standard InChI is InChI=1S/C16H27N3/c1-12-8-10-13(11-9-12)17-14(18-15(2,3)4)19-16(5,6)7/h8-11H,1-7H3,(H2,17,18,19). The second-order valence-electron chi connectivity index (χ2n) is 7.00. The van der Waals surface area contributed by atoms with Crippen LogP contribution >= 0.6 is 0 Å². The highest BCUT2D eigenvalue weighted by molar-refractivity contribution is 5.94. The minimum absolute atomic E-state index is 0.0260. The zero-order valence-corrected chi connectivity index (χ0v) is 13.3. The van der Waals surface area contributed by atoms with Crippen LogP contribution in [0.25, 0.3) is 0 Å². The van der Waals surface area contributed by atoms with E-state index in [9.17, 15) is 0 Å². The van der Waals surface area contributed by atoms with Gasteiger partial charge in [0.1, 0.15) is 0 Å². The quantitative estimate of drug-likeness (QED) is 0.593. The van der Waals surface area contributed by atoms with Gasteiger partial charge < -0.3 is 10.6 Å². The second-order valence-corrected chi connectivity index (χ2v) is 7.00. The molecule has 0 unspecified atom stereocenters. The Morgan fingerprint density at radius 3 is 1.89 bits per heavy atom. The van der Waals surface area contributed by atoms with Gasteiger partial charge in [-0.1, -0.05) is 17.7 Å². The van der Waals surface area contributed by atoms with Gasteiger partial charge in [0.25, 0.3) is 0 Å². The van der Waals surface area contributed by atoms with Gasteiger partial charge in [-0.15, -0.1) is 0 Å². The molecule has 2 N–H and O–H groups in total. The van der Waals surface area contributed by atoms with Gasteiger partial charge in [-0.3, -0.25) is 0 Å². The molecule has 3 nitrogen and oxygen atoms in total. The molecule has 0 bridgehead atoms. The van der Waals surface area contributed by atoms with E-state index in [2.05, 4.69) is 83.4 Å². The monoisotopic (exact) mass is 261 g/mol. The molecular weight excluding hydrogens is 234 g/mol. The first-order chi connectivity index (χ1) is 8.55. The highest BCUT2D eigenvalue weighted by Gasteiger charge is 2.16. The lowest BCUT2D eigenvalue weighted by Crippen LogP contribution is -2.45. The minimum Gasteiger partial charge on any atom is -0.352 e. The Bertz CT molecular complexity index is 431. The molecule has 0 saturated heterocycles. The highest BCUT2D eigenvalue weighted by atomic mass is 15.2. The zero-order chi connectivity index (χ0) is 14.7. The van der Waals surface area contributed by atoms with Crippen LogP contribution in [0, 0.1) is 6.92 Å². The minimum atomic E-state index is -0.120. The Hall–Kier alpha value is -1.51. The van der Waals surface area contributed by atoms with Gasteiger partial charge in [-0.2, -0.15) is 0 Å². The number of rotatable bonds is 1. The molecule has 0 heterocycles. The van der Waals surface area contributed by atoms with Crippen molar-refractivity contribution < 1.29 is 0 Å². The Kier molecular flexibility index (Phi) is 4.61. The van der Waals surface area contributed by atoms with E-state index < -0.39 is 0 Å². The molecule has 0 fully saturated rings. The number of aryl methyl sites for hydroxylation is 1. The van der Waals surface area contributed by atoms with E-state index >= 15 is 0 Å². The summed E-state index contributed by atoms with van der Waals surface area (Å²) in [5.41, 5.74) is 2.15. The van der Waals surface area contributed by atoms with Crippen LogP contribution in [0.2, 0.25) is 0 Å². The summed E-state index contributed by atoms with van der Waals surface area (Å²) in [6, 6.07) is 8.32. The Morgan fingerprint density at radius 2 is 1.47 bits per heavy atom. The third-order valence-corrected chi connectivity index (χ3v) is 2.25. The lowest BCUT2D eigenvalue weighted by atomic mass is 10.1. The molecule has 0 aromatic heterocycles. The number of guanidine groups is 1. The summed E-state index contributed by atoms with van der Waals surface area (Å²) in [5.74, 6) is 0.809. The van der Waals surface area contributed by atoms with Crippen LogP contribution in [0.3, 0.4) is 0 Å². The van der Waals surface area contributed by atoms with Gasteiger partial charge in [0.2, 0.25) is 0 Å². The van der Waals surface area contributed by atoms with Crippen molar-refractivity contribution in [3.8, 4) is 0 Å². The first kappa shape index (κ1) is 15.5. The van der Waals surface area contributed by atoms with Crippen LogP contribution < -0.4 is 10.6 Å². The molecular formula is C16H27N3. The van der Waals surface area contributed by atoms with Gasteiger partial charge in [0, 0.05) is 11.2 Å². The van der Waals surface area contributed by atoms with Crippen LogP contribution in [0.15, 0.2) is 29.3 Å². The average Bonchev–Trinajstić information content (AvgIpc) is 2.16. The first-order valence-electron chi connectivity index (χ1n) is 6.77. The summed E-state index contributed by atoms with van der Waals surface area (Å²) in [4.78, 5) is 4.71. The third kappa shape index (κ3) is 6.85. The molecule has 0 aliphatic rings. The number of aliphatic imine (C=N–C) groups is 1. The van der Waals surface area contributed by atoms with Gasteiger partial charge in [-0.05, 0) is 60.6 Å². The molecule has 0 saturated carbocycles. The summed E-state index contributed by atoms with van der Waals surface area (Å²) in [6.45, 7) is 14.7. The zero-order valence-electron chi connectivity index (χ0n) is 13.3. The predicted octanol–water partition coefficient (Wildman–Crippen LogP) is 3.95. The maximum Gasteiger partial charge on any atom is 0.196 e. The molecule has 0 radical (unpaired) electrons. The third-order valence-electron chi connectivity index (χ3n) is 2.25. The summed E-state index contributed by atoms with van der Waals surface area (Å²) < 4.78 is 0. The lowest BCUT2D eigenvalue weighted by Gasteiger charge is -2.26. The van der Waals surface area contributed by atoms with Crippen LogP contribution in [0.5, 0.6) is 0 Å². The van der Waals surface area contributed by atoms with Crippen molar-refractivity contribution in [2.24, 2.45) is 4.99 Å². The van der Waals surface area contributed by atoms with Crippen molar-refractivity contribution in [3.63, 3.8) is 0 Å². The smallest absolute Gasteiger partial charge is 0.196 e. The summed E-state index contributed by atoms with van der Waals surface area (Å²) in [6.07, 6.45) is 0. The maximum absolute atomic E-state index is 4.71. The Balaban J connectivity index is 2.92. The summed E-state index contributed by atoms with van der Waals surface area (Å²) in [7, 11) is 0. The molecule has 0 aliphatic heterocycles.